The number of hydrogen-bond acceptors (Lipinski definition) is 4. The Hall–Kier alpha value is -4.37. The van der Waals surface area contributed by atoms with E-state index in [2.05, 4.69) is 10.6 Å². The number of nitrogens with one attached hydrogen (secondary N) is 2. The van der Waals surface area contributed by atoms with Crippen LogP contribution in [0.5, 0.6) is 5.75 Å². The first-order valence-electron chi connectivity index (χ1n) is 10.4. The van der Waals surface area contributed by atoms with Crippen molar-refractivity contribution in [3.8, 4) is 11.8 Å². The first-order valence-corrected chi connectivity index (χ1v) is 10.4. The van der Waals surface area contributed by atoms with Gasteiger partial charge in [0.2, 0.25) is 0 Å². The minimum atomic E-state index is -0.495. The van der Waals surface area contributed by atoms with Gasteiger partial charge < -0.3 is 15.4 Å². The molecule has 3 rings (SSSR count). The van der Waals surface area contributed by atoms with E-state index < -0.39 is 5.91 Å². The lowest BCUT2D eigenvalue weighted by Crippen LogP contribution is -2.20. The van der Waals surface area contributed by atoms with Gasteiger partial charge in [-0.3, -0.25) is 9.59 Å². The lowest BCUT2D eigenvalue weighted by molar-refractivity contribution is -0.118. The molecule has 6 nitrogen and oxygen atoms in total. The summed E-state index contributed by atoms with van der Waals surface area (Å²) in [4.78, 5) is 24.8. The van der Waals surface area contributed by atoms with Gasteiger partial charge in [-0.25, -0.2) is 0 Å². The van der Waals surface area contributed by atoms with Crippen LogP contribution in [-0.4, -0.2) is 18.4 Å². The van der Waals surface area contributed by atoms with Gasteiger partial charge in [0.1, 0.15) is 17.4 Å². The van der Waals surface area contributed by atoms with Crippen molar-refractivity contribution in [3.05, 3.63) is 94.6 Å². The molecule has 0 saturated carbocycles. The quantitative estimate of drug-likeness (QED) is 0.392. The highest BCUT2D eigenvalue weighted by atomic mass is 16.5. The molecule has 0 aliphatic heterocycles. The van der Waals surface area contributed by atoms with E-state index in [0.29, 0.717) is 22.7 Å². The first kappa shape index (κ1) is 23.3. The fraction of sp³-hybridized carbons (Fsp3) is 0.148. The maximum absolute atomic E-state index is 12.5. The molecule has 2 amide bonds. The lowest BCUT2D eigenvalue weighted by atomic mass is 10.1. The topological polar surface area (TPSA) is 91.2 Å². The fourth-order valence-electron chi connectivity index (χ4n) is 3.08. The zero-order valence-corrected chi connectivity index (χ0v) is 18.8. The van der Waals surface area contributed by atoms with Crippen LogP contribution < -0.4 is 15.4 Å². The number of aryl methyl sites for hydroxylation is 3. The minimum Gasteiger partial charge on any atom is -0.484 e. The molecule has 0 aliphatic carbocycles. The number of nitriles is 1. The van der Waals surface area contributed by atoms with E-state index >= 15 is 0 Å². The maximum Gasteiger partial charge on any atom is 0.266 e. The molecule has 3 aromatic carbocycles. The molecule has 0 spiro atoms. The van der Waals surface area contributed by atoms with Gasteiger partial charge in [-0.05, 0) is 79.4 Å². The van der Waals surface area contributed by atoms with Crippen LogP contribution in [0.4, 0.5) is 11.4 Å². The van der Waals surface area contributed by atoms with Crippen LogP contribution >= 0.6 is 0 Å². The number of amides is 2. The van der Waals surface area contributed by atoms with E-state index in [1.165, 1.54) is 6.08 Å². The van der Waals surface area contributed by atoms with Gasteiger partial charge in [0.05, 0.1) is 0 Å². The van der Waals surface area contributed by atoms with E-state index in [1.54, 1.807) is 30.3 Å². The predicted octanol–water partition coefficient (Wildman–Crippen LogP) is 5.18. The normalized spacial score (nSPS) is 10.8. The molecule has 0 atom stereocenters. The SMILES string of the molecule is Cc1ccc(NC(=O)COc2cccc(/C=C(/C#N)C(=O)Nc3ccccc3C)c2)cc1C. The summed E-state index contributed by atoms with van der Waals surface area (Å²) < 4.78 is 5.60. The second-order valence-corrected chi connectivity index (χ2v) is 7.65. The summed E-state index contributed by atoms with van der Waals surface area (Å²) in [6.45, 7) is 5.70. The van der Waals surface area contributed by atoms with Gasteiger partial charge in [-0.15, -0.1) is 0 Å². The monoisotopic (exact) mass is 439 g/mol. The summed E-state index contributed by atoms with van der Waals surface area (Å²) in [6.07, 6.45) is 1.48. The van der Waals surface area contributed by atoms with Crippen molar-refractivity contribution in [2.45, 2.75) is 20.8 Å². The number of anilines is 2. The molecule has 0 fully saturated rings. The third kappa shape index (κ3) is 6.55. The standard InChI is InChI=1S/C27H25N3O3/c1-18-11-12-23(13-20(18)3)29-26(31)17-33-24-9-6-8-21(15-24)14-22(16-28)27(32)30-25-10-5-4-7-19(25)2/h4-15H,17H2,1-3H3,(H,29,31)(H,30,32)/b22-14-. The third-order valence-electron chi connectivity index (χ3n) is 5.09. The molecule has 0 bridgehead atoms. The zero-order valence-electron chi connectivity index (χ0n) is 18.8. The number of carbonyl (C=O) groups is 2. The Bertz CT molecular complexity index is 1260. The van der Waals surface area contributed by atoms with Gasteiger partial charge >= 0.3 is 0 Å². The van der Waals surface area contributed by atoms with Crippen LogP contribution in [0.25, 0.3) is 6.08 Å². The first-order chi connectivity index (χ1) is 15.9. The summed E-state index contributed by atoms with van der Waals surface area (Å²) in [6, 6.07) is 21.8. The van der Waals surface area contributed by atoms with Crippen molar-refractivity contribution in [1.82, 2.24) is 0 Å². The Labute approximate surface area is 193 Å². The van der Waals surface area contributed by atoms with Crippen molar-refractivity contribution >= 4 is 29.3 Å². The molecule has 0 unspecified atom stereocenters. The van der Waals surface area contributed by atoms with E-state index in [4.69, 9.17) is 4.74 Å². The molecule has 3 aromatic rings. The van der Waals surface area contributed by atoms with E-state index in [-0.39, 0.29) is 18.1 Å². The van der Waals surface area contributed by atoms with Gasteiger partial charge in [0.25, 0.3) is 11.8 Å². The van der Waals surface area contributed by atoms with Gasteiger partial charge in [-0.1, -0.05) is 36.4 Å². The van der Waals surface area contributed by atoms with Crippen molar-refractivity contribution in [2.24, 2.45) is 0 Å². The Morgan fingerprint density at radius 2 is 1.70 bits per heavy atom. The van der Waals surface area contributed by atoms with Crippen LogP contribution in [0.1, 0.15) is 22.3 Å². The Kier molecular flexibility index (Phi) is 7.61. The molecule has 2 N–H and O–H groups in total. The van der Waals surface area contributed by atoms with Crippen LogP contribution in [0, 0.1) is 32.1 Å². The molecule has 6 heteroatoms. The summed E-state index contributed by atoms with van der Waals surface area (Å²) >= 11 is 0. The molecular formula is C27H25N3O3. The number of rotatable bonds is 7. The molecule has 0 aromatic heterocycles. The van der Waals surface area contributed by atoms with Crippen molar-refractivity contribution in [3.63, 3.8) is 0 Å². The minimum absolute atomic E-state index is 0.0390. The molecular weight excluding hydrogens is 414 g/mol. The largest absolute Gasteiger partial charge is 0.484 e. The number of carbonyl (C=O) groups excluding carboxylic acids is 2. The number of hydrogen-bond donors (Lipinski definition) is 2. The fourth-order valence-corrected chi connectivity index (χ4v) is 3.08. The van der Waals surface area contributed by atoms with Gasteiger partial charge in [-0.2, -0.15) is 5.26 Å². The Morgan fingerprint density at radius 3 is 2.42 bits per heavy atom. The zero-order chi connectivity index (χ0) is 23.8. The molecule has 0 radical (unpaired) electrons. The van der Waals surface area contributed by atoms with E-state index in [0.717, 1.165) is 16.7 Å². The second-order valence-electron chi connectivity index (χ2n) is 7.65. The molecule has 0 saturated heterocycles. The summed E-state index contributed by atoms with van der Waals surface area (Å²) in [5.41, 5.74) is 5.07. The highest BCUT2D eigenvalue weighted by Crippen LogP contribution is 2.19. The van der Waals surface area contributed by atoms with E-state index in [1.807, 2.05) is 63.2 Å². The van der Waals surface area contributed by atoms with Gasteiger partial charge in [0, 0.05) is 11.4 Å². The second kappa shape index (κ2) is 10.8. The molecule has 33 heavy (non-hydrogen) atoms. The number of ether oxygens (including phenoxy) is 1. The van der Waals surface area contributed by atoms with E-state index in [9.17, 15) is 14.9 Å². The molecule has 166 valence electrons. The Balaban J connectivity index is 1.64. The average molecular weight is 440 g/mol. The number of para-hydroxylation sites is 1. The Morgan fingerprint density at radius 1 is 0.909 bits per heavy atom. The molecule has 0 aliphatic rings. The van der Waals surface area contributed by atoms with Crippen LogP contribution in [0.15, 0.2) is 72.3 Å². The summed E-state index contributed by atoms with van der Waals surface area (Å²) in [5, 5.41) is 15.0. The highest BCUT2D eigenvalue weighted by Gasteiger charge is 2.11. The van der Waals surface area contributed by atoms with Crippen molar-refractivity contribution in [1.29, 1.82) is 5.26 Å². The van der Waals surface area contributed by atoms with Crippen LogP contribution in [0.3, 0.4) is 0 Å². The maximum atomic E-state index is 12.5. The third-order valence-corrected chi connectivity index (χ3v) is 5.09. The summed E-state index contributed by atoms with van der Waals surface area (Å²) in [5.74, 6) is -0.323. The van der Waals surface area contributed by atoms with Crippen molar-refractivity contribution < 1.29 is 14.3 Å². The lowest BCUT2D eigenvalue weighted by Gasteiger charge is -2.10. The molecule has 0 heterocycles. The average Bonchev–Trinajstić information content (AvgIpc) is 2.80. The highest BCUT2D eigenvalue weighted by molar-refractivity contribution is 6.10. The predicted molar refractivity (Wildman–Crippen MR) is 130 cm³/mol. The number of benzene rings is 3. The summed E-state index contributed by atoms with van der Waals surface area (Å²) in [7, 11) is 0. The smallest absolute Gasteiger partial charge is 0.266 e. The van der Waals surface area contributed by atoms with Gasteiger partial charge in [0.15, 0.2) is 6.61 Å². The van der Waals surface area contributed by atoms with Crippen LogP contribution in [-0.2, 0) is 9.59 Å². The number of nitrogens with zero attached hydrogens (tertiary/aromatic N) is 1. The van der Waals surface area contributed by atoms with Crippen LogP contribution in [0.2, 0.25) is 0 Å². The van der Waals surface area contributed by atoms with Crippen molar-refractivity contribution in [2.75, 3.05) is 17.2 Å².